The molecule has 1 aliphatic rings. The number of nitrogens with one attached hydrogen (secondary N) is 1. The van der Waals surface area contributed by atoms with Crippen LogP contribution >= 0.6 is 0 Å². The van der Waals surface area contributed by atoms with Crippen molar-refractivity contribution in [3.63, 3.8) is 0 Å². The number of carbonyl (C=O) groups excluding carboxylic acids is 2. The van der Waals surface area contributed by atoms with Gasteiger partial charge < -0.3 is 14.8 Å². The maximum atomic E-state index is 11.0. The molecule has 0 saturated carbocycles. The van der Waals surface area contributed by atoms with Gasteiger partial charge in [0.05, 0.1) is 6.04 Å². The Balaban J connectivity index is 2.65. The highest BCUT2D eigenvalue weighted by Crippen LogP contribution is 2.13. The van der Waals surface area contributed by atoms with Gasteiger partial charge in [0.25, 0.3) is 0 Å². The number of hydrogen-bond acceptors (Lipinski definition) is 5. The van der Waals surface area contributed by atoms with Crippen LogP contribution in [-0.2, 0) is 19.1 Å². The van der Waals surface area contributed by atoms with Crippen molar-refractivity contribution in [3.05, 3.63) is 24.8 Å². The van der Waals surface area contributed by atoms with Crippen LogP contribution in [0, 0.1) is 0 Å². The van der Waals surface area contributed by atoms with Crippen LogP contribution in [0.3, 0.4) is 0 Å². The number of ether oxygens (including phenoxy) is 2. The smallest absolute Gasteiger partial charge is 0.303 e. The number of rotatable bonds is 5. The average Bonchev–Trinajstić information content (AvgIpc) is 2.28. The number of hydrogen-bond donors (Lipinski definition) is 1. The van der Waals surface area contributed by atoms with Crippen molar-refractivity contribution >= 4 is 11.9 Å². The Morgan fingerprint density at radius 2 is 2.06 bits per heavy atom. The normalized spacial score (nSPS) is 26.4. The molecule has 3 atom stereocenters. The molecule has 0 saturated heterocycles. The maximum Gasteiger partial charge on any atom is 0.303 e. The third-order valence-corrected chi connectivity index (χ3v) is 2.55. The Kier molecular flexibility index (Phi) is 5.58. The van der Waals surface area contributed by atoms with E-state index in [1.165, 1.54) is 13.8 Å². The molecule has 18 heavy (non-hydrogen) atoms. The second-order valence-electron chi connectivity index (χ2n) is 4.17. The molecule has 5 nitrogen and oxygen atoms in total. The summed E-state index contributed by atoms with van der Waals surface area (Å²) in [6.07, 6.45) is 5.90. The molecule has 1 aliphatic heterocycles. The first-order valence-electron chi connectivity index (χ1n) is 5.88. The van der Waals surface area contributed by atoms with Crippen molar-refractivity contribution in [3.8, 4) is 0 Å². The van der Waals surface area contributed by atoms with E-state index < -0.39 is 6.10 Å². The molecule has 0 aliphatic carbocycles. The fourth-order valence-electron chi connectivity index (χ4n) is 1.79. The van der Waals surface area contributed by atoms with Gasteiger partial charge in [-0.25, -0.2) is 0 Å². The Hall–Kier alpha value is -1.62. The van der Waals surface area contributed by atoms with E-state index in [0.717, 1.165) is 6.42 Å². The van der Waals surface area contributed by atoms with E-state index in [4.69, 9.17) is 9.47 Å². The van der Waals surface area contributed by atoms with Crippen molar-refractivity contribution in [1.82, 2.24) is 5.32 Å². The highest BCUT2D eigenvalue weighted by molar-refractivity contribution is 5.67. The van der Waals surface area contributed by atoms with Crippen LogP contribution in [0.25, 0.3) is 0 Å². The molecule has 0 aromatic rings. The summed E-state index contributed by atoms with van der Waals surface area (Å²) in [6, 6.07) is -0.109. The summed E-state index contributed by atoms with van der Waals surface area (Å²) in [5.41, 5.74) is 0. The summed E-state index contributed by atoms with van der Waals surface area (Å²) in [7, 11) is 0. The molecule has 0 aromatic heterocycles. The zero-order valence-corrected chi connectivity index (χ0v) is 10.7. The third-order valence-electron chi connectivity index (χ3n) is 2.55. The summed E-state index contributed by atoms with van der Waals surface area (Å²) in [6.45, 7) is 6.55. The SMILES string of the molecule is C=CC[C@@H]1C=C[C@H](OC(C)=O)[C@@H](COC(C)=O)N1. The molecular weight excluding hydrogens is 234 g/mol. The Morgan fingerprint density at radius 3 is 2.61 bits per heavy atom. The van der Waals surface area contributed by atoms with Crippen molar-refractivity contribution < 1.29 is 19.1 Å². The van der Waals surface area contributed by atoms with Crippen molar-refractivity contribution in [2.75, 3.05) is 6.61 Å². The van der Waals surface area contributed by atoms with E-state index in [1.54, 1.807) is 6.08 Å². The molecule has 0 bridgehead atoms. The monoisotopic (exact) mass is 253 g/mol. The lowest BCUT2D eigenvalue weighted by molar-refractivity contribution is -0.148. The molecule has 1 N–H and O–H groups in total. The predicted molar refractivity (Wildman–Crippen MR) is 66.9 cm³/mol. The van der Waals surface area contributed by atoms with Gasteiger partial charge in [-0.1, -0.05) is 12.2 Å². The van der Waals surface area contributed by atoms with Crippen LogP contribution < -0.4 is 5.32 Å². The number of esters is 2. The zero-order valence-electron chi connectivity index (χ0n) is 10.7. The van der Waals surface area contributed by atoms with Gasteiger partial charge in [-0.05, 0) is 12.5 Å². The van der Waals surface area contributed by atoms with Crippen molar-refractivity contribution in [1.29, 1.82) is 0 Å². The predicted octanol–water partition coefficient (Wildman–Crippen LogP) is 0.954. The molecule has 0 radical (unpaired) electrons. The quantitative estimate of drug-likeness (QED) is 0.584. The van der Waals surface area contributed by atoms with Gasteiger partial charge in [-0.15, -0.1) is 6.58 Å². The van der Waals surface area contributed by atoms with Gasteiger partial charge in [0, 0.05) is 19.9 Å². The van der Waals surface area contributed by atoms with Gasteiger partial charge in [0.1, 0.15) is 12.7 Å². The Bertz CT molecular complexity index is 351. The molecule has 0 fully saturated rings. The largest absolute Gasteiger partial charge is 0.464 e. The molecular formula is C13H19NO4. The van der Waals surface area contributed by atoms with E-state index in [0.29, 0.717) is 0 Å². The van der Waals surface area contributed by atoms with Crippen molar-refractivity contribution in [2.24, 2.45) is 0 Å². The highest BCUT2D eigenvalue weighted by atomic mass is 16.6. The van der Waals surface area contributed by atoms with E-state index in [2.05, 4.69) is 11.9 Å². The minimum Gasteiger partial charge on any atom is -0.464 e. The van der Waals surface area contributed by atoms with Gasteiger partial charge >= 0.3 is 11.9 Å². The molecule has 0 amide bonds. The van der Waals surface area contributed by atoms with Gasteiger partial charge in [0.2, 0.25) is 0 Å². The van der Waals surface area contributed by atoms with Gasteiger partial charge in [-0.2, -0.15) is 0 Å². The van der Waals surface area contributed by atoms with Gasteiger partial charge in [0.15, 0.2) is 0 Å². The van der Waals surface area contributed by atoms with Crippen molar-refractivity contribution in [2.45, 2.75) is 38.5 Å². The average molecular weight is 253 g/mol. The summed E-state index contributed by atoms with van der Waals surface area (Å²) in [5.74, 6) is -0.713. The summed E-state index contributed by atoms with van der Waals surface area (Å²) in [5, 5.41) is 3.25. The van der Waals surface area contributed by atoms with E-state index in [-0.39, 0.29) is 30.6 Å². The lowest BCUT2D eigenvalue weighted by Gasteiger charge is -2.32. The fraction of sp³-hybridized carbons (Fsp3) is 0.538. The van der Waals surface area contributed by atoms with Gasteiger partial charge in [-0.3, -0.25) is 9.59 Å². The lowest BCUT2D eigenvalue weighted by Crippen LogP contribution is -2.51. The summed E-state index contributed by atoms with van der Waals surface area (Å²) in [4.78, 5) is 21.8. The fourth-order valence-corrected chi connectivity index (χ4v) is 1.79. The highest BCUT2D eigenvalue weighted by Gasteiger charge is 2.28. The molecule has 0 unspecified atom stereocenters. The molecule has 0 spiro atoms. The van der Waals surface area contributed by atoms with Crippen LogP contribution in [-0.4, -0.2) is 36.7 Å². The van der Waals surface area contributed by atoms with Crippen LogP contribution in [0.5, 0.6) is 0 Å². The van der Waals surface area contributed by atoms with Crippen LogP contribution in [0.2, 0.25) is 0 Å². The molecule has 0 aromatic carbocycles. The Morgan fingerprint density at radius 1 is 1.33 bits per heavy atom. The second-order valence-corrected chi connectivity index (χ2v) is 4.17. The summed E-state index contributed by atoms with van der Waals surface area (Å²) >= 11 is 0. The molecule has 100 valence electrons. The number of carbonyl (C=O) groups is 2. The minimum absolute atomic E-state index is 0.120. The second kappa shape index (κ2) is 6.96. The molecule has 1 rings (SSSR count). The maximum absolute atomic E-state index is 11.0. The lowest BCUT2D eigenvalue weighted by atomic mass is 10.0. The zero-order chi connectivity index (χ0) is 13.5. The van der Waals surface area contributed by atoms with Crippen LogP contribution in [0.15, 0.2) is 24.8 Å². The van der Waals surface area contributed by atoms with E-state index in [1.807, 2.05) is 12.2 Å². The Labute approximate surface area is 107 Å². The molecule has 1 heterocycles. The molecule has 5 heteroatoms. The first-order valence-corrected chi connectivity index (χ1v) is 5.88. The topological polar surface area (TPSA) is 64.6 Å². The first-order chi connectivity index (χ1) is 8.52. The third kappa shape index (κ3) is 4.71. The standard InChI is InChI=1S/C13H19NO4/c1-4-5-11-6-7-13(18-10(3)16)12(14-11)8-17-9(2)15/h4,6-7,11-14H,1,5,8H2,2-3H3/t11-,12-,13+/m1/s1. The van der Waals surface area contributed by atoms with E-state index >= 15 is 0 Å². The first kappa shape index (κ1) is 14.4. The van der Waals surface area contributed by atoms with Crippen LogP contribution in [0.4, 0.5) is 0 Å². The minimum atomic E-state index is -0.414. The summed E-state index contributed by atoms with van der Waals surface area (Å²) < 4.78 is 10.1. The van der Waals surface area contributed by atoms with Crippen LogP contribution in [0.1, 0.15) is 20.3 Å². The van der Waals surface area contributed by atoms with E-state index in [9.17, 15) is 9.59 Å².